The number of para-hydroxylation sites is 1. The van der Waals surface area contributed by atoms with Gasteiger partial charge in [-0.25, -0.2) is 14.4 Å². The topological polar surface area (TPSA) is 113 Å². The second-order valence-corrected chi connectivity index (χ2v) is 8.90. The lowest BCUT2D eigenvalue weighted by Gasteiger charge is -2.42. The Hall–Kier alpha value is -3.47. The zero-order valence-electron chi connectivity index (χ0n) is 22.6. The summed E-state index contributed by atoms with van der Waals surface area (Å²) in [5.41, 5.74) is 1.54. The molecule has 0 unspecified atom stereocenters. The van der Waals surface area contributed by atoms with E-state index in [1.807, 2.05) is 25.7 Å². The van der Waals surface area contributed by atoms with E-state index in [2.05, 4.69) is 15.5 Å². The van der Waals surface area contributed by atoms with Gasteiger partial charge < -0.3 is 29.7 Å². The normalized spacial score (nSPS) is 20.4. The van der Waals surface area contributed by atoms with Crippen molar-refractivity contribution in [3.05, 3.63) is 35.0 Å². The number of carbonyl (C=O) groups is 3. The number of methoxy groups -OCH3 is 2. The van der Waals surface area contributed by atoms with Gasteiger partial charge in [-0.05, 0) is 33.8 Å². The van der Waals surface area contributed by atoms with Crippen LogP contribution in [0, 0.1) is 0 Å². The molecule has 1 aromatic carbocycles. The van der Waals surface area contributed by atoms with Gasteiger partial charge in [-0.3, -0.25) is 9.80 Å². The Labute approximate surface area is 218 Å². The molecule has 2 N–H and O–H groups in total. The molecule has 0 radical (unpaired) electrons. The van der Waals surface area contributed by atoms with Gasteiger partial charge in [0, 0.05) is 56.6 Å². The van der Waals surface area contributed by atoms with Crippen molar-refractivity contribution < 1.29 is 28.6 Å². The third-order valence-electron chi connectivity index (χ3n) is 6.67. The summed E-state index contributed by atoms with van der Waals surface area (Å²) in [6, 6.07) is 4.14. The number of rotatable bonds is 9. The first kappa shape index (κ1) is 28.1. The number of ether oxygens (including phenoxy) is 3. The van der Waals surface area contributed by atoms with E-state index in [1.165, 1.54) is 14.2 Å². The molecule has 2 atom stereocenters. The Morgan fingerprint density at radius 2 is 1.89 bits per heavy atom. The Kier molecular flexibility index (Phi) is 9.62. The molecule has 0 aromatic heterocycles. The van der Waals surface area contributed by atoms with E-state index in [1.54, 1.807) is 30.0 Å². The Morgan fingerprint density at radius 3 is 2.49 bits per heavy atom. The lowest BCUT2D eigenvalue weighted by Crippen LogP contribution is -2.58. The zero-order valence-corrected chi connectivity index (χ0v) is 22.6. The van der Waals surface area contributed by atoms with Gasteiger partial charge in [0.2, 0.25) is 0 Å². The number of hydrogen-bond donors (Lipinski definition) is 2. The molecule has 2 aliphatic heterocycles. The first-order valence-corrected chi connectivity index (χ1v) is 12.8. The highest BCUT2D eigenvalue weighted by Gasteiger charge is 2.40. The van der Waals surface area contributed by atoms with Crippen molar-refractivity contribution in [1.29, 1.82) is 0 Å². The monoisotopic (exact) mass is 517 g/mol. The third kappa shape index (κ3) is 5.93. The highest BCUT2D eigenvalue weighted by atomic mass is 16.5. The molecule has 2 aliphatic rings. The SMILES string of the molecule is CCNC(=O)N1CCN(CC2=C(C(=O)OCC)[C@H](c3cccc(OC)c3OC)NC(=O)N2CC)C[C@H]1C. The number of carbonyl (C=O) groups excluding carboxylic acids is 3. The Balaban J connectivity index is 2.05. The van der Waals surface area contributed by atoms with Crippen molar-refractivity contribution in [2.45, 2.75) is 39.8 Å². The maximum Gasteiger partial charge on any atom is 0.338 e. The van der Waals surface area contributed by atoms with E-state index in [4.69, 9.17) is 14.2 Å². The van der Waals surface area contributed by atoms with Crippen LogP contribution in [0.3, 0.4) is 0 Å². The predicted molar refractivity (Wildman–Crippen MR) is 139 cm³/mol. The molecule has 11 heteroatoms. The van der Waals surface area contributed by atoms with Crippen LogP contribution in [0.4, 0.5) is 9.59 Å². The molecule has 204 valence electrons. The third-order valence-corrected chi connectivity index (χ3v) is 6.67. The van der Waals surface area contributed by atoms with E-state index >= 15 is 0 Å². The Morgan fingerprint density at radius 1 is 1.14 bits per heavy atom. The number of piperazine rings is 1. The number of hydrogen-bond acceptors (Lipinski definition) is 7. The number of likely N-dealkylation sites (N-methyl/N-ethyl adjacent to an activating group) is 1. The van der Waals surface area contributed by atoms with E-state index in [-0.39, 0.29) is 24.7 Å². The van der Waals surface area contributed by atoms with Crippen LogP contribution in [0.1, 0.15) is 39.3 Å². The average molecular weight is 518 g/mol. The van der Waals surface area contributed by atoms with E-state index < -0.39 is 12.0 Å². The lowest BCUT2D eigenvalue weighted by molar-refractivity contribution is -0.139. The van der Waals surface area contributed by atoms with Crippen LogP contribution in [-0.4, -0.2) is 98.9 Å². The minimum absolute atomic E-state index is 0.0336. The molecule has 0 bridgehead atoms. The van der Waals surface area contributed by atoms with Crippen LogP contribution >= 0.6 is 0 Å². The highest BCUT2D eigenvalue weighted by Crippen LogP contribution is 2.40. The molecule has 1 saturated heterocycles. The van der Waals surface area contributed by atoms with Crippen LogP contribution in [0.25, 0.3) is 0 Å². The van der Waals surface area contributed by atoms with Gasteiger partial charge in [0.05, 0.1) is 32.4 Å². The van der Waals surface area contributed by atoms with Crippen molar-refractivity contribution >= 4 is 18.0 Å². The maximum absolute atomic E-state index is 13.4. The van der Waals surface area contributed by atoms with Crippen molar-refractivity contribution in [2.24, 2.45) is 0 Å². The quantitative estimate of drug-likeness (QED) is 0.484. The van der Waals surface area contributed by atoms with Gasteiger partial charge in [0.15, 0.2) is 11.5 Å². The summed E-state index contributed by atoms with van der Waals surface area (Å²) in [6.45, 7) is 10.7. The molecular weight excluding hydrogens is 478 g/mol. The molecule has 37 heavy (non-hydrogen) atoms. The molecular formula is C26H39N5O6. The fourth-order valence-corrected chi connectivity index (χ4v) is 4.97. The molecule has 1 aromatic rings. The number of nitrogens with one attached hydrogen (secondary N) is 2. The van der Waals surface area contributed by atoms with Crippen LogP contribution in [-0.2, 0) is 9.53 Å². The number of esters is 1. The molecule has 0 saturated carbocycles. The minimum atomic E-state index is -0.788. The van der Waals surface area contributed by atoms with Gasteiger partial charge in [0.1, 0.15) is 0 Å². The molecule has 11 nitrogen and oxygen atoms in total. The van der Waals surface area contributed by atoms with Crippen LogP contribution < -0.4 is 20.1 Å². The zero-order chi connectivity index (χ0) is 27.1. The van der Waals surface area contributed by atoms with Gasteiger partial charge in [-0.15, -0.1) is 0 Å². The lowest BCUT2D eigenvalue weighted by atomic mass is 9.93. The van der Waals surface area contributed by atoms with Crippen LogP contribution in [0.15, 0.2) is 29.5 Å². The Bertz CT molecular complexity index is 1030. The van der Waals surface area contributed by atoms with Crippen molar-refractivity contribution in [1.82, 2.24) is 25.3 Å². The smallest absolute Gasteiger partial charge is 0.338 e. The van der Waals surface area contributed by atoms with E-state index in [9.17, 15) is 14.4 Å². The van der Waals surface area contributed by atoms with Crippen LogP contribution in [0.2, 0.25) is 0 Å². The van der Waals surface area contributed by atoms with Gasteiger partial charge in [-0.2, -0.15) is 0 Å². The molecule has 3 rings (SSSR count). The predicted octanol–water partition coefficient (Wildman–Crippen LogP) is 2.34. The summed E-state index contributed by atoms with van der Waals surface area (Å²) in [5, 5.41) is 5.83. The standard InChI is InChI=1S/C26H39N5O6/c1-7-27-25(33)31-14-13-29(15-17(31)4)16-19-21(24(32)37-9-3)22(28-26(34)30(19)8-2)18-11-10-12-20(35-5)23(18)36-6/h10-12,17,22H,7-9,13-16H2,1-6H3,(H,27,33)(H,28,34)/t17-,22+/m1/s1. The van der Waals surface area contributed by atoms with E-state index in [0.29, 0.717) is 67.6 Å². The molecule has 2 heterocycles. The number of urea groups is 2. The van der Waals surface area contributed by atoms with Crippen LogP contribution in [0.5, 0.6) is 11.5 Å². The fourth-order valence-electron chi connectivity index (χ4n) is 4.97. The summed E-state index contributed by atoms with van der Waals surface area (Å²) in [6.07, 6.45) is 0. The molecule has 1 fully saturated rings. The van der Waals surface area contributed by atoms with Gasteiger partial charge >= 0.3 is 18.0 Å². The van der Waals surface area contributed by atoms with Crippen molar-refractivity contribution in [2.75, 3.05) is 60.1 Å². The number of nitrogens with zero attached hydrogens (tertiary/aromatic N) is 3. The summed E-state index contributed by atoms with van der Waals surface area (Å²) in [4.78, 5) is 44.7. The first-order chi connectivity index (χ1) is 17.8. The second kappa shape index (κ2) is 12.7. The maximum atomic E-state index is 13.4. The minimum Gasteiger partial charge on any atom is -0.493 e. The molecule has 0 spiro atoms. The summed E-state index contributed by atoms with van der Waals surface area (Å²) in [7, 11) is 3.06. The molecule has 4 amide bonds. The van der Waals surface area contributed by atoms with Crippen molar-refractivity contribution in [3.8, 4) is 11.5 Å². The first-order valence-electron chi connectivity index (χ1n) is 12.8. The number of amides is 4. The van der Waals surface area contributed by atoms with Gasteiger partial charge in [0.25, 0.3) is 0 Å². The highest BCUT2D eigenvalue weighted by molar-refractivity contribution is 5.95. The van der Waals surface area contributed by atoms with E-state index in [0.717, 1.165) is 0 Å². The summed E-state index contributed by atoms with van der Waals surface area (Å²) < 4.78 is 16.6. The second-order valence-electron chi connectivity index (χ2n) is 8.90. The summed E-state index contributed by atoms with van der Waals surface area (Å²) in [5.74, 6) is 0.428. The number of benzene rings is 1. The van der Waals surface area contributed by atoms with Crippen molar-refractivity contribution in [3.63, 3.8) is 0 Å². The average Bonchev–Trinajstić information content (AvgIpc) is 2.88. The largest absolute Gasteiger partial charge is 0.493 e. The van der Waals surface area contributed by atoms with Gasteiger partial charge in [-0.1, -0.05) is 12.1 Å². The molecule has 0 aliphatic carbocycles. The summed E-state index contributed by atoms with van der Waals surface area (Å²) >= 11 is 0. The fraction of sp³-hybridized carbons (Fsp3) is 0.577.